The number of benzene rings is 2. The molecule has 0 heterocycles. The molecule has 0 spiro atoms. The van der Waals surface area contributed by atoms with Gasteiger partial charge in [0, 0.05) is 5.69 Å². The van der Waals surface area contributed by atoms with Crippen LogP contribution >= 0.6 is 0 Å². The molecule has 0 atom stereocenters. The molecule has 0 aliphatic heterocycles. The summed E-state index contributed by atoms with van der Waals surface area (Å²) in [6, 6.07) is 15.7. The number of hydrogen-bond donors (Lipinski definition) is 1. The molecule has 0 bridgehead atoms. The zero-order chi connectivity index (χ0) is 11.4. The Kier molecular flexibility index (Phi) is 2.96. The minimum atomic E-state index is -0.573. The number of halogens is 1. The van der Waals surface area contributed by atoms with Crippen molar-refractivity contribution in [3.05, 3.63) is 66.0 Å². The fourth-order valence-corrected chi connectivity index (χ4v) is 1.31. The summed E-state index contributed by atoms with van der Waals surface area (Å²) >= 11 is 0. The number of hydrogen-bond acceptors (Lipinski definition) is 1. The van der Waals surface area contributed by atoms with Crippen molar-refractivity contribution in [1.82, 2.24) is 0 Å². The molecule has 1 radical (unpaired) electrons. The van der Waals surface area contributed by atoms with Gasteiger partial charge in [0.25, 0.3) is 5.91 Å². The van der Waals surface area contributed by atoms with Gasteiger partial charge in [-0.1, -0.05) is 30.3 Å². The molecular weight excluding hydrogens is 205 g/mol. The van der Waals surface area contributed by atoms with Crippen LogP contribution in [0.1, 0.15) is 10.4 Å². The first-order valence-corrected chi connectivity index (χ1v) is 4.80. The summed E-state index contributed by atoms with van der Waals surface area (Å²) in [6.07, 6.45) is 0. The molecule has 0 unspecified atom stereocenters. The molecule has 2 nitrogen and oxygen atoms in total. The Hall–Kier alpha value is -2.16. The Morgan fingerprint density at radius 3 is 2.56 bits per heavy atom. The third-order valence-electron chi connectivity index (χ3n) is 2.06. The van der Waals surface area contributed by atoms with Crippen LogP contribution in [0.3, 0.4) is 0 Å². The van der Waals surface area contributed by atoms with Gasteiger partial charge in [0.2, 0.25) is 0 Å². The molecule has 0 saturated carbocycles. The molecule has 0 aromatic heterocycles. The van der Waals surface area contributed by atoms with Gasteiger partial charge >= 0.3 is 0 Å². The van der Waals surface area contributed by atoms with E-state index < -0.39 is 11.7 Å². The number of para-hydroxylation sites is 1. The van der Waals surface area contributed by atoms with Crippen molar-refractivity contribution in [3.8, 4) is 0 Å². The lowest BCUT2D eigenvalue weighted by atomic mass is 10.2. The van der Waals surface area contributed by atoms with E-state index in [2.05, 4.69) is 11.4 Å². The largest absolute Gasteiger partial charge is 0.322 e. The van der Waals surface area contributed by atoms with Crippen LogP contribution in [-0.4, -0.2) is 5.91 Å². The van der Waals surface area contributed by atoms with E-state index in [0.717, 1.165) is 0 Å². The van der Waals surface area contributed by atoms with E-state index in [1.165, 1.54) is 18.2 Å². The summed E-state index contributed by atoms with van der Waals surface area (Å²) in [7, 11) is 0. The lowest BCUT2D eigenvalue weighted by Crippen LogP contribution is -2.13. The summed E-state index contributed by atoms with van der Waals surface area (Å²) in [5.41, 5.74) is 0.551. The van der Waals surface area contributed by atoms with Gasteiger partial charge in [0.1, 0.15) is 5.82 Å². The smallest absolute Gasteiger partial charge is 0.259 e. The minimum Gasteiger partial charge on any atom is -0.322 e. The van der Waals surface area contributed by atoms with Crippen molar-refractivity contribution in [3.63, 3.8) is 0 Å². The topological polar surface area (TPSA) is 29.1 Å². The second kappa shape index (κ2) is 4.57. The van der Waals surface area contributed by atoms with E-state index >= 15 is 0 Å². The first-order valence-electron chi connectivity index (χ1n) is 4.80. The fraction of sp³-hybridized carbons (Fsp3) is 0. The zero-order valence-corrected chi connectivity index (χ0v) is 8.41. The van der Waals surface area contributed by atoms with Gasteiger partial charge < -0.3 is 5.32 Å². The van der Waals surface area contributed by atoms with Crippen LogP contribution in [0.4, 0.5) is 10.1 Å². The Morgan fingerprint density at radius 2 is 1.88 bits per heavy atom. The van der Waals surface area contributed by atoms with E-state index in [0.29, 0.717) is 5.69 Å². The van der Waals surface area contributed by atoms with Gasteiger partial charge in [0.05, 0.1) is 5.56 Å². The molecular formula is C13H9FNO. The first kappa shape index (κ1) is 10.4. The van der Waals surface area contributed by atoms with Gasteiger partial charge in [-0.3, -0.25) is 4.79 Å². The molecule has 2 rings (SSSR count). The first-order chi connectivity index (χ1) is 7.77. The fourth-order valence-electron chi connectivity index (χ4n) is 1.31. The zero-order valence-electron chi connectivity index (χ0n) is 8.41. The molecule has 0 aliphatic rings. The van der Waals surface area contributed by atoms with Gasteiger partial charge in [-0.25, -0.2) is 4.39 Å². The van der Waals surface area contributed by atoms with E-state index in [1.54, 1.807) is 24.3 Å². The predicted molar refractivity (Wildman–Crippen MR) is 59.6 cm³/mol. The van der Waals surface area contributed by atoms with Crippen LogP contribution in [0, 0.1) is 11.9 Å². The van der Waals surface area contributed by atoms with Crippen LogP contribution in [0.2, 0.25) is 0 Å². The van der Waals surface area contributed by atoms with Crippen LogP contribution in [-0.2, 0) is 0 Å². The van der Waals surface area contributed by atoms with Crippen LogP contribution in [0.25, 0.3) is 0 Å². The SMILES string of the molecule is O=C(Nc1ccccc1)c1[c]cccc1F. The average Bonchev–Trinajstić information content (AvgIpc) is 2.31. The molecule has 1 amide bonds. The standard InChI is InChI=1S/C13H9FNO/c14-12-9-5-4-8-11(12)13(16)15-10-6-2-1-3-7-10/h1-7,9H,(H,15,16). The number of carbonyl (C=O) groups is 1. The number of amides is 1. The molecule has 79 valence electrons. The summed E-state index contributed by atoms with van der Waals surface area (Å²) in [4.78, 5) is 11.7. The summed E-state index contributed by atoms with van der Waals surface area (Å²) in [6.45, 7) is 0. The van der Waals surface area contributed by atoms with Crippen molar-refractivity contribution in [1.29, 1.82) is 0 Å². The molecule has 3 heteroatoms. The molecule has 0 fully saturated rings. The van der Waals surface area contributed by atoms with Crippen molar-refractivity contribution < 1.29 is 9.18 Å². The second-order valence-electron chi connectivity index (χ2n) is 3.21. The van der Waals surface area contributed by atoms with Crippen LogP contribution in [0.15, 0.2) is 48.5 Å². The summed E-state index contributed by atoms with van der Waals surface area (Å²) < 4.78 is 13.3. The lowest BCUT2D eigenvalue weighted by Gasteiger charge is -2.04. The highest BCUT2D eigenvalue weighted by Gasteiger charge is 2.10. The van der Waals surface area contributed by atoms with Crippen molar-refractivity contribution in [2.24, 2.45) is 0 Å². The second-order valence-corrected chi connectivity index (χ2v) is 3.21. The average molecular weight is 214 g/mol. The third-order valence-corrected chi connectivity index (χ3v) is 2.06. The Labute approximate surface area is 92.7 Å². The highest BCUT2D eigenvalue weighted by atomic mass is 19.1. The lowest BCUT2D eigenvalue weighted by molar-refractivity contribution is 0.102. The number of anilines is 1. The molecule has 16 heavy (non-hydrogen) atoms. The number of nitrogens with one attached hydrogen (secondary N) is 1. The monoisotopic (exact) mass is 214 g/mol. The summed E-state index contributed by atoms with van der Waals surface area (Å²) in [5, 5.41) is 2.59. The van der Waals surface area contributed by atoms with Crippen molar-refractivity contribution in [2.45, 2.75) is 0 Å². The Morgan fingerprint density at radius 1 is 1.12 bits per heavy atom. The maximum Gasteiger partial charge on any atom is 0.259 e. The van der Waals surface area contributed by atoms with Crippen molar-refractivity contribution >= 4 is 11.6 Å². The molecule has 2 aromatic carbocycles. The quantitative estimate of drug-likeness (QED) is 0.818. The van der Waals surface area contributed by atoms with Crippen LogP contribution < -0.4 is 5.32 Å². The van der Waals surface area contributed by atoms with Gasteiger partial charge in [0.15, 0.2) is 0 Å². The van der Waals surface area contributed by atoms with Gasteiger partial charge in [-0.15, -0.1) is 0 Å². The number of rotatable bonds is 2. The molecule has 0 aliphatic carbocycles. The van der Waals surface area contributed by atoms with Gasteiger partial charge in [-0.2, -0.15) is 0 Å². The normalized spacial score (nSPS) is 9.81. The van der Waals surface area contributed by atoms with E-state index in [4.69, 9.17) is 0 Å². The Bertz CT molecular complexity index is 496. The highest BCUT2D eigenvalue weighted by molar-refractivity contribution is 6.04. The molecule has 1 N–H and O–H groups in total. The van der Waals surface area contributed by atoms with E-state index in [9.17, 15) is 9.18 Å². The maximum absolute atomic E-state index is 13.3. The Balaban J connectivity index is 2.19. The van der Waals surface area contributed by atoms with Crippen molar-refractivity contribution in [2.75, 3.05) is 5.32 Å². The minimum absolute atomic E-state index is 0.0775. The molecule has 2 aromatic rings. The number of carbonyl (C=O) groups excluding carboxylic acids is 1. The van der Waals surface area contributed by atoms with E-state index in [-0.39, 0.29) is 5.56 Å². The molecule has 0 saturated heterocycles. The van der Waals surface area contributed by atoms with Crippen LogP contribution in [0.5, 0.6) is 0 Å². The maximum atomic E-state index is 13.3. The van der Waals surface area contributed by atoms with Gasteiger partial charge in [-0.05, 0) is 24.3 Å². The highest BCUT2D eigenvalue weighted by Crippen LogP contribution is 2.10. The van der Waals surface area contributed by atoms with E-state index in [1.807, 2.05) is 6.07 Å². The predicted octanol–water partition coefficient (Wildman–Crippen LogP) is 2.88. The third kappa shape index (κ3) is 2.25. The summed E-state index contributed by atoms with van der Waals surface area (Å²) in [5.74, 6) is -1.07.